The Balaban J connectivity index is 1.40. The van der Waals surface area contributed by atoms with Gasteiger partial charge in [0.05, 0.1) is 5.60 Å². The number of fused-ring (bicyclic) bond motifs is 4. The van der Waals surface area contributed by atoms with E-state index in [1.807, 2.05) is 12.1 Å². The predicted octanol–water partition coefficient (Wildman–Crippen LogP) is 4.90. The molecule has 0 bridgehead atoms. The van der Waals surface area contributed by atoms with Crippen molar-refractivity contribution in [1.82, 2.24) is 9.88 Å². The molecular formula is C30H32N2O2. The monoisotopic (exact) mass is 452 g/mol. The molecule has 4 heteroatoms. The van der Waals surface area contributed by atoms with E-state index >= 15 is 0 Å². The van der Waals surface area contributed by atoms with Crippen molar-refractivity contribution in [2.45, 2.75) is 43.6 Å². The molecule has 1 aromatic heterocycles. The lowest BCUT2D eigenvalue weighted by atomic mass is 9.56. The molecule has 1 fully saturated rings. The number of aliphatic hydroxyl groups is 1. The third-order valence-corrected chi connectivity index (χ3v) is 8.37. The van der Waals surface area contributed by atoms with Crippen LogP contribution < -0.4 is 0 Å². The van der Waals surface area contributed by atoms with Gasteiger partial charge in [-0.25, -0.2) is 0 Å². The Morgan fingerprint density at radius 3 is 2.62 bits per heavy atom. The first-order valence-corrected chi connectivity index (χ1v) is 12.3. The molecule has 3 N–H and O–H groups in total. The minimum atomic E-state index is -0.915. The first-order valence-electron chi connectivity index (χ1n) is 12.3. The Kier molecular flexibility index (Phi) is 5.05. The molecule has 174 valence electrons. The van der Waals surface area contributed by atoms with E-state index in [0.29, 0.717) is 13.0 Å². The number of hydrogen-bond donors (Lipinski definition) is 3. The van der Waals surface area contributed by atoms with Crippen LogP contribution in [0.3, 0.4) is 0 Å². The molecule has 2 aliphatic rings. The van der Waals surface area contributed by atoms with Crippen molar-refractivity contribution < 1.29 is 10.2 Å². The molecule has 2 heterocycles. The second-order valence-corrected chi connectivity index (χ2v) is 10.4. The molecule has 1 aliphatic carbocycles. The van der Waals surface area contributed by atoms with Gasteiger partial charge in [0, 0.05) is 47.9 Å². The fourth-order valence-corrected chi connectivity index (χ4v) is 6.52. The van der Waals surface area contributed by atoms with Crippen molar-refractivity contribution in [2.24, 2.45) is 0 Å². The largest absolute Gasteiger partial charge is 0.508 e. The molecule has 34 heavy (non-hydrogen) atoms. The molecule has 4 aromatic rings. The van der Waals surface area contributed by atoms with Crippen molar-refractivity contribution in [2.75, 3.05) is 19.6 Å². The number of piperidine rings is 1. The molecule has 6 rings (SSSR count). The Morgan fingerprint density at radius 2 is 1.79 bits per heavy atom. The number of rotatable bonds is 4. The lowest BCUT2D eigenvalue weighted by Gasteiger charge is -2.56. The van der Waals surface area contributed by atoms with Gasteiger partial charge in [-0.3, -0.25) is 0 Å². The molecule has 0 amide bonds. The van der Waals surface area contributed by atoms with Crippen LogP contribution >= 0.6 is 0 Å². The van der Waals surface area contributed by atoms with Gasteiger partial charge in [-0.2, -0.15) is 0 Å². The van der Waals surface area contributed by atoms with E-state index < -0.39 is 11.0 Å². The van der Waals surface area contributed by atoms with E-state index in [1.165, 1.54) is 33.3 Å². The summed E-state index contributed by atoms with van der Waals surface area (Å²) in [5.74, 6) is 0.263. The third-order valence-electron chi connectivity index (χ3n) is 8.37. The van der Waals surface area contributed by atoms with Crippen molar-refractivity contribution in [3.63, 3.8) is 0 Å². The molecular weight excluding hydrogens is 420 g/mol. The smallest absolute Gasteiger partial charge is 0.115 e. The number of aryl methyl sites for hydroxylation is 1. The van der Waals surface area contributed by atoms with E-state index in [0.717, 1.165) is 37.9 Å². The van der Waals surface area contributed by atoms with Crippen LogP contribution in [0.1, 0.15) is 34.4 Å². The number of aromatic nitrogens is 1. The maximum Gasteiger partial charge on any atom is 0.115 e. The zero-order valence-corrected chi connectivity index (χ0v) is 19.7. The van der Waals surface area contributed by atoms with Gasteiger partial charge in [0.1, 0.15) is 5.75 Å². The number of nitrogens with one attached hydrogen (secondary N) is 1. The molecule has 4 nitrogen and oxygen atoms in total. The molecule has 0 saturated carbocycles. The standard InChI is InChI=1S/C30H32N2O2/c1-21-7-5-12-25-26-18-30(34)20-32(15-13-22-8-3-2-4-9-22)16-14-29(30,19-27(26)31-28(21)25)23-10-6-11-24(33)17-23/h2-12,17,31,33-34H,13-16,18-20H2,1H3. The second kappa shape index (κ2) is 8.00. The minimum Gasteiger partial charge on any atom is -0.508 e. The maximum atomic E-state index is 12.5. The summed E-state index contributed by atoms with van der Waals surface area (Å²) in [6.45, 7) is 4.64. The number of para-hydroxylation sites is 1. The van der Waals surface area contributed by atoms with Crippen LogP contribution in [0.5, 0.6) is 5.75 Å². The quantitative estimate of drug-likeness (QED) is 0.413. The molecule has 3 aromatic carbocycles. The summed E-state index contributed by atoms with van der Waals surface area (Å²) in [5.41, 5.74) is 5.92. The highest BCUT2D eigenvalue weighted by Crippen LogP contribution is 2.52. The summed E-state index contributed by atoms with van der Waals surface area (Å²) in [7, 11) is 0. The summed E-state index contributed by atoms with van der Waals surface area (Å²) in [4.78, 5) is 6.14. The lowest BCUT2D eigenvalue weighted by molar-refractivity contribution is -0.102. The van der Waals surface area contributed by atoms with Gasteiger partial charge in [0.25, 0.3) is 0 Å². The number of phenols is 1. The average molecular weight is 453 g/mol. The topological polar surface area (TPSA) is 59.5 Å². The van der Waals surface area contributed by atoms with Crippen LogP contribution in [0.15, 0.2) is 72.8 Å². The summed E-state index contributed by atoms with van der Waals surface area (Å²) in [6.07, 6.45) is 3.20. The fourth-order valence-electron chi connectivity index (χ4n) is 6.52. The molecule has 0 spiro atoms. The molecule has 1 saturated heterocycles. The van der Waals surface area contributed by atoms with Gasteiger partial charge in [-0.15, -0.1) is 0 Å². The number of aromatic hydroxyl groups is 1. The van der Waals surface area contributed by atoms with E-state index in [4.69, 9.17) is 0 Å². The number of aromatic amines is 1. The average Bonchev–Trinajstić information content (AvgIpc) is 3.19. The summed E-state index contributed by atoms with van der Waals surface area (Å²) < 4.78 is 0. The lowest BCUT2D eigenvalue weighted by Crippen LogP contribution is -2.66. The first-order chi connectivity index (χ1) is 16.5. The summed E-state index contributed by atoms with van der Waals surface area (Å²) in [5, 5.41) is 24.1. The fraction of sp³-hybridized carbons (Fsp3) is 0.333. The number of nitrogens with zero attached hydrogens (tertiary/aromatic N) is 1. The number of benzene rings is 3. The molecule has 1 aliphatic heterocycles. The second-order valence-electron chi connectivity index (χ2n) is 10.4. The highest BCUT2D eigenvalue weighted by atomic mass is 16.3. The van der Waals surface area contributed by atoms with Gasteiger partial charge < -0.3 is 20.1 Å². The van der Waals surface area contributed by atoms with Crippen molar-refractivity contribution in [1.29, 1.82) is 0 Å². The van der Waals surface area contributed by atoms with Crippen molar-refractivity contribution in [3.8, 4) is 5.75 Å². The van der Waals surface area contributed by atoms with Crippen molar-refractivity contribution >= 4 is 10.9 Å². The number of β-amino-alcohol motifs (C(OH)–C–C–N with tert-alkyl or cyclic N) is 1. The highest BCUT2D eigenvalue weighted by molar-refractivity contribution is 5.88. The maximum absolute atomic E-state index is 12.5. The van der Waals surface area contributed by atoms with Crippen LogP contribution in [-0.2, 0) is 24.7 Å². The molecule has 2 unspecified atom stereocenters. The van der Waals surface area contributed by atoms with Gasteiger partial charge >= 0.3 is 0 Å². The normalized spacial score (nSPS) is 24.6. The first kappa shape index (κ1) is 21.5. The van der Waals surface area contributed by atoms with Crippen LogP contribution in [0.2, 0.25) is 0 Å². The van der Waals surface area contributed by atoms with Gasteiger partial charge in [-0.1, -0.05) is 60.7 Å². The Morgan fingerprint density at radius 1 is 0.971 bits per heavy atom. The SMILES string of the molecule is Cc1cccc2c3c([nH]c12)CC1(c2cccc(O)c2)CCN(CCc2ccccc2)CC1(O)C3. The van der Waals surface area contributed by atoms with Gasteiger partial charge in [0.15, 0.2) is 0 Å². The van der Waals surface area contributed by atoms with E-state index in [1.54, 1.807) is 6.07 Å². The van der Waals surface area contributed by atoms with E-state index in [2.05, 4.69) is 71.4 Å². The van der Waals surface area contributed by atoms with Gasteiger partial charge in [0.2, 0.25) is 0 Å². The van der Waals surface area contributed by atoms with Crippen LogP contribution in [-0.4, -0.2) is 45.3 Å². The zero-order chi connectivity index (χ0) is 23.3. The zero-order valence-electron chi connectivity index (χ0n) is 19.7. The number of phenolic OH excluding ortho intramolecular Hbond substituents is 1. The Hall–Kier alpha value is -3.08. The Labute approximate surface area is 200 Å². The molecule has 2 atom stereocenters. The van der Waals surface area contributed by atoms with Crippen LogP contribution in [0, 0.1) is 6.92 Å². The third kappa shape index (κ3) is 3.36. The van der Waals surface area contributed by atoms with Crippen molar-refractivity contribution in [3.05, 3.63) is 101 Å². The van der Waals surface area contributed by atoms with Gasteiger partial charge in [-0.05, 0) is 60.7 Å². The van der Waals surface area contributed by atoms with E-state index in [-0.39, 0.29) is 5.75 Å². The number of hydrogen-bond acceptors (Lipinski definition) is 3. The molecule has 0 radical (unpaired) electrons. The minimum absolute atomic E-state index is 0.263. The van der Waals surface area contributed by atoms with Crippen LogP contribution in [0.25, 0.3) is 10.9 Å². The van der Waals surface area contributed by atoms with E-state index in [9.17, 15) is 10.2 Å². The highest BCUT2D eigenvalue weighted by Gasteiger charge is 2.57. The summed E-state index contributed by atoms with van der Waals surface area (Å²) in [6, 6.07) is 24.6. The predicted molar refractivity (Wildman–Crippen MR) is 136 cm³/mol. The summed E-state index contributed by atoms with van der Waals surface area (Å²) >= 11 is 0. The Bertz CT molecular complexity index is 1340. The number of H-pyrrole nitrogens is 1. The number of likely N-dealkylation sites (tertiary alicyclic amines) is 1. The van der Waals surface area contributed by atoms with Crippen LogP contribution in [0.4, 0.5) is 0 Å².